The zero-order valence-electron chi connectivity index (χ0n) is 12.7. The molecule has 0 radical (unpaired) electrons. The largest absolute Gasteiger partial charge is 0.316 e. The van der Waals surface area contributed by atoms with Gasteiger partial charge in [-0.25, -0.2) is 0 Å². The number of benzene rings is 2. The zero-order chi connectivity index (χ0) is 16.3. The van der Waals surface area contributed by atoms with E-state index in [2.05, 4.69) is 5.32 Å². The lowest BCUT2D eigenvalue weighted by Crippen LogP contribution is -2.37. The normalized spacial score (nSPS) is 10.2. The third kappa shape index (κ3) is 3.46. The summed E-state index contributed by atoms with van der Waals surface area (Å²) in [5.74, 6) is -1.37. The Kier molecular flexibility index (Phi) is 4.83. The van der Waals surface area contributed by atoms with Crippen molar-refractivity contribution in [2.24, 2.45) is 0 Å². The van der Waals surface area contributed by atoms with Gasteiger partial charge in [0.05, 0.1) is 10.7 Å². The monoisotopic (exact) mass is 316 g/mol. The minimum Gasteiger partial charge on any atom is -0.316 e. The Hall–Kier alpha value is -2.33. The molecule has 2 aromatic carbocycles. The Morgan fingerprint density at radius 3 is 2.32 bits per heavy atom. The highest BCUT2D eigenvalue weighted by Gasteiger charge is 2.21. The molecule has 0 spiro atoms. The average Bonchev–Trinajstić information content (AvgIpc) is 2.50. The SMILES string of the molecule is Cc1cc(C)c(NC(=O)C(=O)N(C)c2ccccc2)c(Cl)c1. The first-order valence-electron chi connectivity index (χ1n) is 6.81. The molecule has 0 atom stereocenters. The van der Waals surface area contributed by atoms with Crippen LogP contribution in [0.15, 0.2) is 42.5 Å². The smallest absolute Gasteiger partial charge is 0.316 e. The molecule has 0 unspecified atom stereocenters. The third-order valence-corrected chi connectivity index (χ3v) is 3.61. The highest BCUT2D eigenvalue weighted by Crippen LogP contribution is 2.27. The first-order valence-corrected chi connectivity index (χ1v) is 7.19. The van der Waals surface area contributed by atoms with Crippen molar-refractivity contribution in [2.75, 3.05) is 17.3 Å². The van der Waals surface area contributed by atoms with E-state index in [9.17, 15) is 9.59 Å². The Labute approximate surface area is 134 Å². The number of nitrogens with one attached hydrogen (secondary N) is 1. The van der Waals surface area contributed by atoms with Crippen LogP contribution in [0.4, 0.5) is 11.4 Å². The highest BCUT2D eigenvalue weighted by atomic mass is 35.5. The van der Waals surface area contributed by atoms with Gasteiger partial charge in [-0.1, -0.05) is 35.9 Å². The molecule has 2 rings (SSSR count). The molecule has 1 N–H and O–H groups in total. The van der Waals surface area contributed by atoms with Crippen LogP contribution < -0.4 is 10.2 Å². The van der Waals surface area contributed by atoms with E-state index in [-0.39, 0.29) is 0 Å². The number of hydrogen-bond acceptors (Lipinski definition) is 2. The van der Waals surface area contributed by atoms with E-state index in [1.807, 2.05) is 26.0 Å². The molecular formula is C17H17ClN2O2. The molecule has 0 heterocycles. The van der Waals surface area contributed by atoms with Gasteiger partial charge in [0.25, 0.3) is 0 Å². The Morgan fingerprint density at radius 1 is 1.09 bits per heavy atom. The topological polar surface area (TPSA) is 49.4 Å². The van der Waals surface area contributed by atoms with Crippen LogP contribution in [-0.4, -0.2) is 18.9 Å². The number of carbonyl (C=O) groups is 2. The predicted molar refractivity (Wildman–Crippen MR) is 89.4 cm³/mol. The molecule has 22 heavy (non-hydrogen) atoms. The summed E-state index contributed by atoms with van der Waals surface area (Å²) in [4.78, 5) is 25.7. The molecule has 0 fully saturated rings. The second-order valence-electron chi connectivity index (χ2n) is 5.09. The van der Waals surface area contributed by atoms with Crippen molar-refractivity contribution >= 4 is 34.8 Å². The van der Waals surface area contributed by atoms with Gasteiger partial charge in [0.1, 0.15) is 0 Å². The summed E-state index contributed by atoms with van der Waals surface area (Å²) < 4.78 is 0. The number of amides is 2. The minimum absolute atomic E-state index is 0.418. The van der Waals surface area contributed by atoms with Gasteiger partial charge < -0.3 is 10.2 Å². The maximum absolute atomic E-state index is 12.2. The van der Waals surface area contributed by atoms with Gasteiger partial charge in [0.2, 0.25) is 0 Å². The number of halogens is 1. The molecule has 0 aliphatic rings. The van der Waals surface area contributed by atoms with E-state index in [1.165, 1.54) is 4.90 Å². The van der Waals surface area contributed by atoms with E-state index >= 15 is 0 Å². The fraction of sp³-hybridized carbons (Fsp3) is 0.176. The quantitative estimate of drug-likeness (QED) is 0.861. The predicted octanol–water partition coefficient (Wildman–Crippen LogP) is 3.56. The van der Waals surface area contributed by atoms with Gasteiger partial charge in [-0.3, -0.25) is 9.59 Å². The molecule has 0 saturated carbocycles. The van der Waals surface area contributed by atoms with Crippen molar-refractivity contribution in [2.45, 2.75) is 13.8 Å². The first kappa shape index (κ1) is 16.0. The van der Waals surface area contributed by atoms with E-state index in [1.54, 1.807) is 37.4 Å². The van der Waals surface area contributed by atoms with Gasteiger partial charge in [0, 0.05) is 12.7 Å². The molecule has 0 aliphatic carbocycles. The molecule has 0 bridgehead atoms. The van der Waals surface area contributed by atoms with Crippen molar-refractivity contribution in [1.82, 2.24) is 0 Å². The maximum Gasteiger partial charge on any atom is 0.316 e. The molecule has 114 valence electrons. The number of nitrogens with zero attached hydrogens (tertiary/aromatic N) is 1. The summed E-state index contributed by atoms with van der Waals surface area (Å²) in [6, 6.07) is 12.6. The Bertz CT molecular complexity index is 691. The van der Waals surface area contributed by atoms with Gasteiger partial charge in [-0.05, 0) is 43.2 Å². The molecule has 4 nitrogen and oxygen atoms in total. The van der Waals surface area contributed by atoms with Crippen LogP contribution in [0.5, 0.6) is 0 Å². The molecule has 5 heteroatoms. The van der Waals surface area contributed by atoms with Crippen molar-refractivity contribution < 1.29 is 9.59 Å². The summed E-state index contributed by atoms with van der Waals surface area (Å²) in [5.41, 5.74) is 2.92. The van der Waals surface area contributed by atoms with Gasteiger partial charge in [0.15, 0.2) is 0 Å². The van der Waals surface area contributed by atoms with Crippen LogP contribution in [0, 0.1) is 13.8 Å². The average molecular weight is 317 g/mol. The summed E-state index contributed by atoms with van der Waals surface area (Å²) in [7, 11) is 1.56. The van der Waals surface area contributed by atoms with Gasteiger partial charge >= 0.3 is 11.8 Å². The van der Waals surface area contributed by atoms with E-state index < -0.39 is 11.8 Å². The summed E-state index contributed by atoms with van der Waals surface area (Å²) in [6.45, 7) is 3.75. The van der Waals surface area contributed by atoms with Gasteiger partial charge in [-0.15, -0.1) is 0 Å². The number of para-hydroxylation sites is 1. The second kappa shape index (κ2) is 6.62. The number of rotatable bonds is 2. The summed E-state index contributed by atoms with van der Waals surface area (Å²) in [5, 5.41) is 3.01. The summed E-state index contributed by atoms with van der Waals surface area (Å²) in [6.07, 6.45) is 0. The molecule has 0 aliphatic heterocycles. The van der Waals surface area contributed by atoms with Crippen LogP contribution >= 0.6 is 11.6 Å². The maximum atomic E-state index is 12.2. The number of hydrogen-bond donors (Lipinski definition) is 1. The lowest BCUT2D eigenvalue weighted by atomic mass is 10.1. The van der Waals surface area contributed by atoms with E-state index in [0.29, 0.717) is 16.4 Å². The van der Waals surface area contributed by atoms with E-state index in [0.717, 1.165) is 11.1 Å². The minimum atomic E-state index is -0.722. The van der Waals surface area contributed by atoms with E-state index in [4.69, 9.17) is 11.6 Å². The number of carbonyl (C=O) groups excluding carboxylic acids is 2. The lowest BCUT2D eigenvalue weighted by molar-refractivity contribution is -0.134. The van der Waals surface area contributed by atoms with Crippen LogP contribution in [-0.2, 0) is 9.59 Å². The van der Waals surface area contributed by atoms with Gasteiger partial charge in [-0.2, -0.15) is 0 Å². The summed E-state index contributed by atoms with van der Waals surface area (Å²) >= 11 is 6.14. The molecule has 0 aromatic heterocycles. The number of aryl methyl sites for hydroxylation is 2. The molecular weight excluding hydrogens is 300 g/mol. The number of anilines is 2. The van der Waals surface area contributed by atoms with Crippen molar-refractivity contribution in [3.8, 4) is 0 Å². The highest BCUT2D eigenvalue weighted by molar-refractivity contribution is 6.45. The van der Waals surface area contributed by atoms with Crippen LogP contribution in [0.1, 0.15) is 11.1 Å². The molecule has 0 saturated heterocycles. The van der Waals surface area contributed by atoms with Crippen LogP contribution in [0.2, 0.25) is 5.02 Å². The van der Waals surface area contributed by atoms with Crippen molar-refractivity contribution in [3.05, 3.63) is 58.6 Å². The molecule has 2 aromatic rings. The van der Waals surface area contributed by atoms with Crippen molar-refractivity contribution in [3.63, 3.8) is 0 Å². The standard InChI is InChI=1S/C17H17ClN2O2/c1-11-9-12(2)15(14(18)10-11)19-16(21)17(22)20(3)13-7-5-4-6-8-13/h4-10H,1-3H3,(H,19,21). The third-order valence-electron chi connectivity index (χ3n) is 3.31. The van der Waals surface area contributed by atoms with Crippen molar-refractivity contribution in [1.29, 1.82) is 0 Å². The fourth-order valence-corrected chi connectivity index (χ4v) is 2.53. The first-order chi connectivity index (χ1) is 10.4. The van der Waals surface area contributed by atoms with Crippen LogP contribution in [0.3, 0.4) is 0 Å². The Morgan fingerprint density at radius 2 is 1.73 bits per heavy atom. The number of likely N-dealkylation sites (N-methyl/N-ethyl adjacent to an activating group) is 1. The van der Waals surface area contributed by atoms with Crippen LogP contribution in [0.25, 0.3) is 0 Å². The second-order valence-corrected chi connectivity index (χ2v) is 5.50. The fourth-order valence-electron chi connectivity index (χ4n) is 2.16. The Balaban J connectivity index is 2.18. The lowest BCUT2D eigenvalue weighted by Gasteiger charge is -2.17. The zero-order valence-corrected chi connectivity index (χ0v) is 13.4. The molecule has 2 amide bonds.